The van der Waals surface area contributed by atoms with Gasteiger partial charge in [0, 0.05) is 16.2 Å². The van der Waals surface area contributed by atoms with Crippen LogP contribution in [0.15, 0.2) is 46.2 Å². The number of oxime groups is 1. The highest BCUT2D eigenvalue weighted by Gasteiger charge is 2.11. The van der Waals surface area contributed by atoms with Crippen LogP contribution in [-0.2, 0) is 0 Å². The van der Waals surface area contributed by atoms with Crippen LogP contribution in [-0.4, -0.2) is 21.9 Å². The SMILES string of the molecule is NC(=NO)c1ccc(C(=O)Nc2cc(Br)ccc2Cl)nc1. The summed E-state index contributed by atoms with van der Waals surface area (Å²) < 4.78 is 0.789. The number of hydrogen-bond acceptors (Lipinski definition) is 4. The predicted molar refractivity (Wildman–Crippen MR) is 83.9 cm³/mol. The Labute approximate surface area is 133 Å². The van der Waals surface area contributed by atoms with Crippen LogP contribution in [0.3, 0.4) is 0 Å². The molecule has 1 aromatic carbocycles. The maximum Gasteiger partial charge on any atom is 0.274 e. The number of amides is 1. The molecule has 2 rings (SSSR count). The summed E-state index contributed by atoms with van der Waals surface area (Å²) in [6.07, 6.45) is 1.34. The quantitative estimate of drug-likeness (QED) is 0.335. The van der Waals surface area contributed by atoms with E-state index in [1.54, 1.807) is 18.2 Å². The standard InChI is InChI=1S/C13H10BrClN4O2/c14-8-2-3-9(15)11(5-8)18-13(20)10-4-1-7(6-17-10)12(16)19-21/h1-6,21H,(H2,16,19)(H,18,20). The highest BCUT2D eigenvalue weighted by atomic mass is 79.9. The normalized spacial score (nSPS) is 11.2. The Hall–Kier alpha value is -2.12. The third-order valence-electron chi connectivity index (χ3n) is 2.58. The van der Waals surface area contributed by atoms with Gasteiger partial charge in [0.25, 0.3) is 5.91 Å². The minimum Gasteiger partial charge on any atom is -0.409 e. The van der Waals surface area contributed by atoms with E-state index < -0.39 is 5.91 Å². The number of halogens is 2. The molecule has 21 heavy (non-hydrogen) atoms. The number of aromatic nitrogens is 1. The fraction of sp³-hybridized carbons (Fsp3) is 0. The molecule has 0 fully saturated rings. The zero-order valence-electron chi connectivity index (χ0n) is 10.5. The molecule has 1 amide bonds. The van der Waals surface area contributed by atoms with Crippen molar-refractivity contribution in [3.63, 3.8) is 0 Å². The summed E-state index contributed by atoms with van der Waals surface area (Å²) in [5, 5.41) is 14.5. The molecular formula is C13H10BrClN4O2. The summed E-state index contributed by atoms with van der Waals surface area (Å²) in [6, 6.07) is 8.11. The first kappa shape index (κ1) is 15.3. The van der Waals surface area contributed by atoms with Crippen molar-refractivity contribution in [1.29, 1.82) is 0 Å². The maximum absolute atomic E-state index is 12.1. The van der Waals surface area contributed by atoms with Gasteiger partial charge in [-0.3, -0.25) is 9.78 Å². The Kier molecular flexibility index (Phi) is 4.77. The largest absolute Gasteiger partial charge is 0.409 e. The van der Waals surface area contributed by atoms with Crippen LogP contribution in [0, 0.1) is 0 Å². The molecule has 2 aromatic rings. The van der Waals surface area contributed by atoms with E-state index in [9.17, 15) is 4.79 Å². The summed E-state index contributed by atoms with van der Waals surface area (Å²) in [6.45, 7) is 0. The molecule has 8 heteroatoms. The lowest BCUT2D eigenvalue weighted by atomic mass is 10.2. The molecule has 0 saturated heterocycles. The number of anilines is 1. The number of nitrogens with two attached hydrogens (primary N) is 1. The highest BCUT2D eigenvalue weighted by Crippen LogP contribution is 2.26. The molecule has 0 radical (unpaired) electrons. The molecule has 0 aliphatic heterocycles. The fourth-order valence-corrected chi connectivity index (χ4v) is 2.04. The lowest BCUT2D eigenvalue weighted by Crippen LogP contribution is -2.16. The minimum absolute atomic E-state index is 0.0792. The van der Waals surface area contributed by atoms with Crippen molar-refractivity contribution in [1.82, 2.24) is 4.98 Å². The van der Waals surface area contributed by atoms with Crippen LogP contribution in [0.2, 0.25) is 5.02 Å². The second kappa shape index (κ2) is 6.55. The van der Waals surface area contributed by atoms with Crippen LogP contribution in [0.1, 0.15) is 16.1 Å². The van der Waals surface area contributed by atoms with Gasteiger partial charge in [0.15, 0.2) is 5.84 Å². The minimum atomic E-state index is -0.416. The van der Waals surface area contributed by atoms with E-state index in [1.807, 2.05) is 0 Å². The molecule has 0 bridgehead atoms. The summed E-state index contributed by atoms with van der Waals surface area (Å²) in [4.78, 5) is 16.0. The van der Waals surface area contributed by atoms with Gasteiger partial charge in [0.05, 0.1) is 10.7 Å². The van der Waals surface area contributed by atoms with Gasteiger partial charge >= 0.3 is 0 Å². The first-order valence-electron chi connectivity index (χ1n) is 5.71. The number of nitrogens with one attached hydrogen (secondary N) is 1. The third-order valence-corrected chi connectivity index (χ3v) is 3.40. The van der Waals surface area contributed by atoms with E-state index >= 15 is 0 Å². The molecule has 4 N–H and O–H groups in total. The smallest absolute Gasteiger partial charge is 0.274 e. The number of rotatable bonds is 3. The Morgan fingerprint density at radius 3 is 2.76 bits per heavy atom. The average Bonchev–Trinajstić information content (AvgIpc) is 2.50. The van der Waals surface area contributed by atoms with E-state index in [-0.39, 0.29) is 11.5 Å². The van der Waals surface area contributed by atoms with E-state index in [0.29, 0.717) is 16.3 Å². The lowest BCUT2D eigenvalue weighted by Gasteiger charge is -2.07. The number of hydrogen-bond donors (Lipinski definition) is 3. The third kappa shape index (κ3) is 3.71. The van der Waals surface area contributed by atoms with Crippen LogP contribution < -0.4 is 11.1 Å². The molecule has 0 aliphatic rings. The van der Waals surface area contributed by atoms with Crippen molar-refractivity contribution in [2.75, 3.05) is 5.32 Å². The molecule has 108 valence electrons. The van der Waals surface area contributed by atoms with Crippen LogP contribution in [0.25, 0.3) is 0 Å². The summed E-state index contributed by atoms with van der Waals surface area (Å²) >= 11 is 9.30. The average molecular weight is 370 g/mol. The van der Waals surface area contributed by atoms with Crippen LogP contribution in [0.4, 0.5) is 5.69 Å². The molecule has 0 saturated carbocycles. The molecule has 6 nitrogen and oxygen atoms in total. The first-order valence-corrected chi connectivity index (χ1v) is 6.88. The van der Waals surface area contributed by atoms with Crippen molar-refractivity contribution in [3.8, 4) is 0 Å². The van der Waals surface area contributed by atoms with Crippen molar-refractivity contribution >= 4 is 45.0 Å². The fourth-order valence-electron chi connectivity index (χ4n) is 1.52. The molecule has 0 atom stereocenters. The molecular weight excluding hydrogens is 360 g/mol. The zero-order chi connectivity index (χ0) is 15.4. The van der Waals surface area contributed by atoms with Crippen molar-refractivity contribution in [2.45, 2.75) is 0 Å². The second-order valence-corrected chi connectivity index (χ2v) is 5.32. The van der Waals surface area contributed by atoms with Crippen molar-refractivity contribution in [3.05, 3.63) is 57.3 Å². The molecule has 1 aromatic heterocycles. The van der Waals surface area contributed by atoms with E-state index in [1.165, 1.54) is 18.3 Å². The molecule has 0 spiro atoms. The summed E-state index contributed by atoms with van der Waals surface area (Å²) in [7, 11) is 0. The zero-order valence-corrected chi connectivity index (χ0v) is 12.9. The number of benzene rings is 1. The summed E-state index contributed by atoms with van der Waals surface area (Å²) in [5.41, 5.74) is 6.48. The number of carbonyl (C=O) groups is 1. The Bertz CT molecular complexity index is 704. The van der Waals surface area contributed by atoms with E-state index in [0.717, 1.165) is 4.47 Å². The van der Waals surface area contributed by atoms with Gasteiger partial charge < -0.3 is 16.3 Å². The van der Waals surface area contributed by atoms with Gasteiger partial charge in [-0.1, -0.05) is 32.7 Å². The van der Waals surface area contributed by atoms with Gasteiger partial charge in [-0.25, -0.2) is 0 Å². The predicted octanol–water partition coefficient (Wildman–Crippen LogP) is 2.84. The van der Waals surface area contributed by atoms with Crippen LogP contribution in [0.5, 0.6) is 0 Å². The first-order chi connectivity index (χ1) is 10.0. The number of amidine groups is 1. The van der Waals surface area contributed by atoms with Gasteiger partial charge in [0.1, 0.15) is 5.69 Å². The van der Waals surface area contributed by atoms with Gasteiger partial charge in [-0.05, 0) is 30.3 Å². The van der Waals surface area contributed by atoms with E-state index in [4.69, 9.17) is 22.5 Å². The second-order valence-electron chi connectivity index (χ2n) is 4.00. The van der Waals surface area contributed by atoms with Gasteiger partial charge in [0.2, 0.25) is 0 Å². The maximum atomic E-state index is 12.1. The highest BCUT2D eigenvalue weighted by molar-refractivity contribution is 9.10. The van der Waals surface area contributed by atoms with Gasteiger partial charge in [-0.15, -0.1) is 0 Å². The number of pyridine rings is 1. The topological polar surface area (TPSA) is 101 Å². The van der Waals surface area contributed by atoms with Crippen molar-refractivity contribution < 1.29 is 10.0 Å². The Morgan fingerprint density at radius 1 is 1.38 bits per heavy atom. The van der Waals surface area contributed by atoms with Gasteiger partial charge in [-0.2, -0.15) is 0 Å². The Morgan fingerprint density at radius 2 is 2.14 bits per heavy atom. The molecule has 0 aliphatic carbocycles. The number of nitrogens with zero attached hydrogens (tertiary/aromatic N) is 2. The molecule has 1 heterocycles. The Balaban J connectivity index is 2.19. The number of carbonyl (C=O) groups excluding carboxylic acids is 1. The molecule has 0 unspecified atom stereocenters. The van der Waals surface area contributed by atoms with Crippen molar-refractivity contribution in [2.24, 2.45) is 10.9 Å². The summed E-state index contributed by atoms with van der Waals surface area (Å²) in [5.74, 6) is -0.495. The van der Waals surface area contributed by atoms with E-state index in [2.05, 4.69) is 31.4 Å². The monoisotopic (exact) mass is 368 g/mol. The lowest BCUT2D eigenvalue weighted by molar-refractivity contribution is 0.102. The van der Waals surface area contributed by atoms with Crippen LogP contribution >= 0.6 is 27.5 Å².